The van der Waals surface area contributed by atoms with Crippen LogP contribution in [-0.4, -0.2) is 32.7 Å². The molecule has 0 fully saturated rings. The molecular weight excluding hydrogens is 350 g/mol. The molecular formula is C19H20ClN5O. The van der Waals surface area contributed by atoms with Gasteiger partial charge in [-0.2, -0.15) is 4.98 Å². The second-order valence-electron chi connectivity index (χ2n) is 6.02. The minimum Gasteiger partial charge on any atom is -0.394 e. The number of aliphatic hydroxyl groups is 1. The number of hydrogen-bond acceptors (Lipinski definition) is 6. The monoisotopic (exact) mass is 369 g/mol. The lowest BCUT2D eigenvalue weighted by atomic mass is 10.2. The van der Waals surface area contributed by atoms with Crippen molar-refractivity contribution >= 4 is 29.1 Å². The van der Waals surface area contributed by atoms with Crippen LogP contribution < -0.4 is 10.6 Å². The molecule has 0 unspecified atom stereocenters. The van der Waals surface area contributed by atoms with Crippen LogP contribution in [0.5, 0.6) is 0 Å². The van der Waals surface area contributed by atoms with Gasteiger partial charge in [-0.1, -0.05) is 17.7 Å². The van der Waals surface area contributed by atoms with E-state index in [2.05, 4.69) is 25.6 Å². The van der Waals surface area contributed by atoms with Crippen molar-refractivity contribution in [3.8, 4) is 11.3 Å². The summed E-state index contributed by atoms with van der Waals surface area (Å²) in [6.07, 6.45) is 3.46. The molecule has 6 nitrogen and oxygen atoms in total. The molecule has 0 amide bonds. The number of aliphatic hydroxyl groups excluding tert-OH is 1. The molecule has 3 rings (SSSR count). The fourth-order valence-corrected chi connectivity index (χ4v) is 2.50. The Morgan fingerprint density at radius 1 is 1.19 bits per heavy atom. The summed E-state index contributed by atoms with van der Waals surface area (Å²) < 4.78 is 0. The molecule has 0 spiro atoms. The Morgan fingerprint density at radius 2 is 2.04 bits per heavy atom. The Labute approximate surface area is 157 Å². The number of rotatable bonds is 6. The number of nitrogens with zero attached hydrogens (tertiary/aromatic N) is 3. The summed E-state index contributed by atoms with van der Waals surface area (Å²) in [5, 5.41) is 16.3. The average Bonchev–Trinajstić information content (AvgIpc) is 2.65. The molecule has 0 saturated heterocycles. The van der Waals surface area contributed by atoms with Crippen molar-refractivity contribution in [1.82, 2.24) is 15.0 Å². The summed E-state index contributed by atoms with van der Waals surface area (Å²) in [4.78, 5) is 13.2. The minimum atomic E-state index is -0.166. The quantitative estimate of drug-likeness (QED) is 0.608. The maximum atomic E-state index is 9.29. The Hall–Kier alpha value is -2.70. The first-order valence-corrected chi connectivity index (χ1v) is 8.63. The van der Waals surface area contributed by atoms with E-state index in [9.17, 15) is 5.11 Å². The Kier molecular flexibility index (Phi) is 5.65. The smallest absolute Gasteiger partial charge is 0.225 e. The van der Waals surface area contributed by atoms with Gasteiger partial charge in [0.05, 0.1) is 12.3 Å². The second kappa shape index (κ2) is 8.12. The maximum Gasteiger partial charge on any atom is 0.225 e. The van der Waals surface area contributed by atoms with Crippen molar-refractivity contribution < 1.29 is 5.11 Å². The van der Waals surface area contributed by atoms with Gasteiger partial charge in [-0.25, -0.2) is 4.98 Å². The first-order chi connectivity index (χ1) is 12.5. The molecule has 1 aromatic carbocycles. The first kappa shape index (κ1) is 18.1. The van der Waals surface area contributed by atoms with Crippen LogP contribution in [0.15, 0.2) is 48.8 Å². The van der Waals surface area contributed by atoms with Gasteiger partial charge in [0.25, 0.3) is 0 Å². The summed E-state index contributed by atoms with van der Waals surface area (Å²) in [6.45, 7) is 3.79. The fourth-order valence-electron chi connectivity index (χ4n) is 2.32. The van der Waals surface area contributed by atoms with E-state index >= 15 is 0 Å². The van der Waals surface area contributed by atoms with Crippen LogP contribution in [0.3, 0.4) is 0 Å². The van der Waals surface area contributed by atoms with Gasteiger partial charge >= 0.3 is 0 Å². The molecule has 26 heavy (non-hydrogen) atoms. The number of aryl methyl sites for hydroxylation is 1. The van der Waals surface area contributed by atoms with Gasteiger partial charge in [0, 0.05) is 40.8 Å². The third-order valence-corrected chi connectivity index (χ3v) is 4.18. The molecule has 0 aliphatic carbocycles. The zero-order chi connectivity index (χ0) is 18.5. The van der Waals surface area contributed by atoms with Crippen molar-refractivity contribution in [2.45, 2.75) is 19.9 Å². The van der Waals surface area contributed by atoms with E-state index in [4.69, 9.17) is 11.6 Å². The Balaban J connectivity index is 1.97. The average molecular weight is 370 g/mol. The van der Waals surface area contributed by atoms with Crippen LogP contribution >= 0.6 is 11.6 Å². The minimum absolute atomic E-state index is 0.0171. The number of benzene rings is 1. The van der Waals surface area contributed by atoms with Gasteiger partial charge in [0.1, 0.15) is 5.82 Å². The largest absolute Gasteiger partial charge is 0.394 e. The highest BCUT2D eigenvalue weighted by Gasteiger charge is 2.10. The number of pyridine rings is 1. The molecule has 0 aliphatic heterocycles. The summed E-state index contributed by atoms with van der Waals surface area (Å²) in [5.74, 6) is 1.04. The SMILES string of the molecule is Cc1ccc(Nc2cc(-c3cccnc3)nc(N[C@@H](C)CO)n2)cc1Cl. The number of hydrogen-bond donors (Lipinski definition) is 3. The van der Waals surface area contributed by atoms with Crippen molar-refractivity contribution in [1.29, 1.82) is 0 Å². The van der Waals surface area contributed by atoms with E-state index in [1.54, 1.807) is 12.4 Å². The van der Waals surface area contributed by atoms with E-state index in [0.29, 0.717) is 16.8 Å². The van der Waals surface area contributed by atoms with Crippen molar-refractivity contribution in [2.75, 3.05) is 17.2 Å². The molecule has 3 aromatic rings. The molecule has 134 valence electrons. The van der Waals surface area contributed by atoms with Crippen LogP contribution in [-0.2, 0) is 0 Å². The van der Waals surface area contributed by atoms with Crippen molar-refractivity contribution in [3.63, 3.8) is 0 Å². The van der Waals surface area contributed by atoms with Crippen LogP contribution in [0.4, 0.5) is 17.5 Å². The molecule has 1 atom stereocenters. The van der Waals surface area contributed by atoms with Gasteiger partial charge in [-0.15, -0.1) is 0 Å². The van der Waals surface area contributed by atoms with Gasteiger partial charge in [-0.3, -0.25) is 4.98 Å². The molecule has 2 aromatic heterocycles. The third-order valence-electron chi connectivity index (χ3n) is 3.78. The topological polar surface area (TPSA) is 83.0 Å². The normalized spacial score (nSPS) is 11.8. The van der Waals surface area contributed by atoms with Crippen molar-refractivity contribution in [2.24, 2.45) is 0 Å². The number of halogens is 1. The zero-order valence-corrected chi connectivity index (χ0v) is 15.3. The molecule has 0 bridgehead atoms. The van der Waals surface area contributed by atoms with Crippen LogP contribution in [0.25, 0.3) is 11.3 Å². The fraction of sp³-hybridized carbons (Fsp3) is 0.211. The van der Waals surface area contributed by atoms with E-state index in [1.807, 2.05) is 50.2 Å². The molecule has 0 radical (unpaired) electrons. The lowest BCUT2D eigenvalue weighted by molar-refractivity contribution is 0.281. The van der Waals surface area contributed by atoms with Gasteiger partial charge in [-0.05, 0) is 43.7 Å². The number of anilines is 3. The van der Waals surface area contributed by atoms with E-state index in [0.717, 1.165) is 22.5 Å². The van der Waals surface area contributed by atoms with Gasteiger partial charge in [0.2, 0.25) is 5.95 Å². The van der Waals surface area contributed by atoms with E-state index in [1.165, 1.54) is 0 Å². The molecule has 3 N–H and O–H groups in total. The Morgan fingerprint density at radius 3 is 2.73 bits per heavy atom. The molecule has 0 aliphatic rings. The van der Waals surface area contributed by atoms with Crippen LogP contribution in [0.1, 0.15) is 12.5 Å². The predicted octanol–water partition coefficient (Wildman–Crippen LogP) is 4.04. The highest BCUT2D eigenvalue weighted by Crippen LogP contribution is 2.26. The second-order valence-corrected chi connectivity index (χ2v) is 6.43. The maximum absolute atomic E-state index is 9.29. The number of nitrogens with one attached hydrogen (secondary N) is 2. The highest BCUT2D eigenvalue weighted by molar-refractivity contribution is 6.31. The summed E-state index contributed by atoms with van der Waals surface area (Å²) in [5.41, 5.74) is 3.44. The highest BCUT2D eigenvalue weighted by atomic mass is 35.5. The standard InChI is InChI=1S/C19H20ClN5O/c1-12-5-6-15(8-16(12)20)23-18-9-17(14-4-3-7-21-10-14)24-19(25-18)22-13(2)11-26/h3-10,13,26H,11H2,1-2H3,(H2,22,23,24,25)/t13-/m0/s1. The van der Waals surface area contributed by atoms with Gasteiger partial charge < -0.3 is 15.7 Å². The lowest BCUT2D eigenvalue weighted by Gasteiger charge is -2.14. The molecule has 0 saturated carbocycles. The van der Waals surface area contributed by atoms with E-state index < -0.39 is 0 Å². The molecule has 7 heteroatoms. The number of aromatic nitrogens is 3. The predicted molar refractivity (Wildman–Crippen MR) is 105 cm³/mol. The van der Waals surface area contributed by atoms with E-state index in [-0.39, 0.29) is 12.6 Å². The Bertz CT molecular complexity index is 888. The first-order valence-electron chi connectivity index (χ1n) is 8.25. The van der Waals surface area contributed by atoms with Crippen molar-refractivity contribution in [3.05, 3.63) is 59.4 Å². The molecule has 2 heterocycles. The lowest BCUT2D eigenvalue weighted by Crippen LogP contribution is -2.21. The summed E-state index contributed by atoms with van der Waals surface area (Å²) in [7, 11) is 0. The van der Waals surface area contributed by atoms with Crippen LogP contribution in [0, 0.1) is 6.92 Å². The van der Waals surface area contributed by atoms with Gasteiger partial charge in [0.15, 0.2) is 0 Å². The van der Waals surface area contributed by atoms with Crippen LogP contribution in [0.2, 0.25) is 5.02 Å². The zero-order valence-electron chi connectivity index (χ0n) is 14.6. The third kappa shape index (κ3) is 4.47. The summed E-state index contributed by atoms with van der Waals surface area (Å²) in [6, 6.07) is 11.2. The summed E-state index contributed by atoms with van der Waals surface area (Å²) >= 11 is 6.20.